The molecule has 37 heavy (non-hydrogen) atoms. The summed E-state index contributed by atoms with van der Waals surface area (Å²) in [6.45, 7) is 2.63. The minimum Gasteiger partial charge on any atom is -0.497 e. The Bertz CT molecular complexity index is 1280. The lowest BCUT2D eigenvalue weighted by Gasteiger charge is -2.30. The normalized spacial score (nSPS) is 14.1. The number of carbonyl (C=O) groups excluding carboxylic acids is 1. The molecule has 2 aromatic carbocycles. The van der Waals surface area contributed by atoms with Crippen LogP contribution in [0.1, 0.15) is 28.7 Å². The van der Waals surface area contributed by atoms with Crippen LogP contribution in [0.2, 0.25) is 0 Å². The molecule has 0 saturated heterocycles. The third-order valence-electron chi connectivity index (χ3n) is 5.74. The van der Waals surface area contributed by atoms with Gasteiger partial charge in [0.05, 0.1) is 30.3 Å². The van der Waals surface area contributed by atoms with E-state index < -0.39 is 34.2 Å². The number of nitrogens with one attached hydrogen (secondary N) is 1. The number of aromatic nitrogens is 1. The predicted octanol–water partition coefficient (Wildman–Crippen LogP) is 2.17. The summed E-state index contributed by atoms with van der Waals surface area (Å²) in [5.74, 6) is -0.125. The number of aryl methyl sites for hydroxylation is 1. The largest absolute Gasteiger partial charge is 0.497 e. The van der Waals surface area contributed by atoms with Crippen LogP contribution in [0.3, 0.4) is 0 Å². The van der Waals surface area contributed by atoms with Gasteiger partial charge in [-0.2, -0.15) is 4.31 Å². The average molecular weight is 528 g/mol. The van der Waals surface area contributed by atoms with Crippen molar-refractivity contribution in [2.75, 3.05) is 20.2 Å². The molecule has 0 spiro atoms. The number of rotatable bonds is 12. The molecule has 1 heterocycles. The van der Waals surface area contributed by atoms with Gasteiger partial charge < -0.3 is 20.3 Å². The molecule has 0 fully saturated rings. The van der Waals surface area contributed by atoms with E-state index in [0.29, 0.717) is 11.4 Å². The highest BCUT2D eigenvalue weighted by Gasteiger charge is 2.32. The number of aliphatic hydroxyl groups is 2. The first-order valence-corrected chi connectivity index (χ1v) is 13.3. The van der Waals surface area contributed by atoms with Crippen LogP contribution in [0.15, 0.2) is 77.7 Å². The number of aliphatic hydroxyl groups excluding tert-OH is 2. The first-order chi connectivity index (χ1) is 17.6. The average Bonchev–Trinajstić information content (AvgIpc) is 2.88. The van der Waals surface area contributed by atoms with Crippen molar-refractivity contribution in [2.45, 2.75) is 43.4 Å². The van der Waals surface area contributed by atoms with Crippen molar-refractivity contribution in [3.05, 3.63) is 89.7 Å². The van der Waals surface area contributed by atoms with E-state index in [9.17, 15) is 23.4 Å². The minimum atomic E-state index is -4.11. The molecule has 0 aliphatic carbocycles. The number of ether oxygens (including phenoxy) is 1. The van der Waals surface area contributed by atoms with Gasteiger partial charge in [-0.3, -0.25) is 4.79 Å². The molecule has 1 amide bonds. The molecule has 0 aliphatic heterocycles. The Morgan fingerprint density at radius 3 is 2.38 bits per heavy atom. The summed E-state index contributed by atoms with van der Waals surface area (Å²) in [5.41, 5.74) is 1.71. The zero-order chi connectivity index (χ0) is 27.0. The lowest BCUT2D eigenvalue weighted by atomic mass is 10.0. The van der Waals surface area contributed by atoms with Gasteiger partial charge in [-0.1, -0.05) is 42.5 Å². The van der Waals surface area contributed by atoms with Gasteiger partial charge in [0.2, 0.25) is 10.0 Å². The van der Waals surface area contributed by atoms with E-state index in [-0.39, 0.29) is 30.1 Å². The maximum atomic E-state index is 13.5. The Morgan fingerprint density at radius 1 is 1.03 bits per heavy atom. The monoisotopic (exact) mass is 527 g/mol. The van der Waals surface area contributed by atoms with Crippen molar-refractivity contribution in [2.24, 2.45) is 0 Å². The quantitative estimate of drug-likeness (QED) is 0.329. The number of hydrogen-bond donors (Lipinski definition) is 3. The lowest BCUT2D eigenvalue weighted by Crippen LogP contribution is -2.51. The lowest BCUT2D eigenvalue weighted by molar-refractivity contribution is 0.0728. The summed E-state index contributed by atoms with van der Waals surface area (Å²) >= 11 is 0. The van der Waals surface area contributed by atoms with E-state index in [2.05, 4.69) is 10.3 Å². The van der Waals surface area contributed by atoms with E-state index in [1.165, 1.54) is 26.2 Å². The molecule has 3 rings (SSSR count). The van der Waals surface area contributed by atoms with Crippen molar-refractivity contribution < 1.29 is 28.2 Å². The van der Waals surface area contributed by atoms with Crippen molar-refractivity contribution in [3.8, 4) is 5.75 Å². The van der Waals surface area contributed by atoms with Gasteiger partial charge in [0, 0.05) is 24.8 Å². The summed E-state index contributed by atoms with van der Waals surface area (Å²) in [7, 11) is -2.67. The second-order valence-electron chi connectivity index (χ2n) is 8.85. The topological polar surface area (TPSA) is 129 Å². The van der Waals surface area contributed by atoms with Crippen molar-refractivity contribution in [3.63, 3.8) is 0 Å². The van der Waals surface area contributed by atoms with E-state index in [1.54, 1.807) is 37.3 Å². The van der Waals surface area contributed by atoms with Crippen LogP contribution in [-0.2, 0) is 16.4 Å². The van der Waals surface area contributed by atoms with Crippen LogP contribution in [0.5, 0.6) is 5.75 Å². The molecule has 0 saturated carbocycles. The number of amides is 1. The van der Waals surface area contributed by atoms with Crippen LogP contribution in [-0.4, -0.2) is 72.3 Å². The number of carbonyl (C=O) groups is 1. The number of nitrogens with zero attached hydrogens (tertiary/aromatic N) is 2. The number of sulfonamides is 1. The van der Waals surface area contributed by atoms with Gasteiger partial charge in [0.25, 0.3) is 5.91 Å². The molecule has 0 bridgehead atoms. The first kappa shape index (κ1) is 28.3. The summed E-state index contributed by atoms with van der Waals surface area (Å²) < 4.78 is 33.1. The SMILES string of the molecule is COc1cccc(S(=O)(=O)N(C[C@@H](O)[C@H](Cc2ccccc2)NC(=O)c2cccc(C)n2)C[C@@H](C)O)c1. The molecule has 10 heteroatoms. The molecule has 0 aliphatic rings. The van der Waals surface area contributed by atoms with Gasteiger partial charge in [-0.05, 0) is 50.1 Å². The molecule has 198 valence electrons. The zero-order valence-electron chi connectivity index (χ0n) is 21.1. The number of methoxy groups -OCH3 is 1. The molecular weight excluding hydrogens is 494 g/mol. The Morgan fingerprint density at radius 2 is 1.73 bits per heavy atom. The Kier molecular flexibility index (Phi) is 9.76. The molecular formula is C27H33N3O6S. The number of hydrogen-bond acceptors (Lipinski definition) is 7. The van der Waals surface area contributed by atoms with Gasteiger partial charge in [-0.25, -0.2) is 13.4 Å². The van der Waals surface area contributed by atoms with Crippen molar-refractivity contribution in [1.82, 2.24) is 14.6 Å². The number of benzene rings is 2. The third-order valence-corrected chi connectivity index (χ3v) is 7.57. The highest BCUT2D eigenvalue weighted by molar-refractivity contribution is 7.89. The zero-order valence-corrected chi connectivity index (χ0v) is 21.9. The van der Waals surface area contributed by atoms with Crippen molar-refractivity contribution >= 4 is 15.9 Å². The van der Waals surface area contributed by atoms with E-state index >= 15 is 0 Å². The van der Waals surface area contributed by atoms with E-state index in [0.717, 1.165) is 9.87 Å². The third kappa shape index (κ3) is 7.83. The van der Waals surface area contributed by atoms with Gasteiger partial charge in [0.1, 0.15) is 11.4 Å². The fourth-order valence-corrected chi connectivity index (χ4v) is 5.45. The first-order valence-electron chi connectivity index (χ1n) is 11.9. The van der Waals surface area contributed by atoms with Crippen LogP contribution in [0, 0.1) is 6.92 Å². The molecule has 3 N–H and O–H groups in total. The molecule has 0 radical (unpaired) electrons. The Hall–Kier alpha value is -3.31. The standard InChI is InChI=1S/C27H33N3O6S/c1-19-9-7-14-24(28-19)27(33)29-25(15-21-10-5-4-6-11-21)26(32)18-30(17-20(2)31)37(34,35)23-13-8-12-22(16-23)36-3/h4-14,16,20,25-26,31-32H,15,17-18H2,1-3H3,(H,29,33)/t20-,25+,26-/m1/s1. The van der Waals surface area contributed by atoms with Crippen molar-refractivity contribution in [1.29, 1.82) is 0 Å². The minimum absolute atomic E-state index is 0.0349. The van der Waals surface area contributed by atoms with Gasteiger partial charge in [0.15, 0.2) is 0 Å². The van der Waals surface area contributed by atoms with Gasteiger partial charge in [-0.15, -0.1) is 0 Å². The second-order valence-corrected chi connectivity index (χ2v) is 10.8. The maximum Gasteiger partial charge on any atom is 0.270 e. The summed E-state index contributed by atoms with van der Waals surface area (Å²) in [5, 5.41) is 24.1. The Labute approximate surface area is 217 Å². The molecule has 1 aromatic heterocycles. The maximum absolute atomic E-state index is 13.5. The molecule has 3 atom stereocenters. The summed E-state index contributed by atoms with van der Waals surface area (Å²) in [6, 6.07) is 19.4. The highest BCUT2D eigenvalue weighted by Crippen LogP contribution is 2.22. The molecule has 3 aromatic rings. The Balaban J connectivity index is 1.90. The fourth-order valence-electron chi connectivity index (χ4n) is 3.88. The van der Waals surface area contributed by atoms with E-state index in [4.69, 9.17) is 4.74 Å². The van der Waals surface area contributed by atoms with Gasteiger partial charge >= 0.3 is 0 Å². The fraction of sp³-hybridized carbons (Fsp3) is 0.333. The van der Waals surface area contributed by atoms with E-state index in [1.807, 2.05) is 30.3 Å². The van der Waals surface area contributed by atoms with Crippen LogP contribution < -0.4 is 10.1 Å². The van der Waals surface area contributed by atoms with Crippen LogP contribution in [0.25, 0.3) is 0 Å². The van der Waals surface area contributed by atoms with Crippen LogP contribution >= 0.6 is 0 Å². The highest BCUT2D eigenvalue weighted by atomic mass is 32.2. The second kappa shape index (κ2) is 12.8. The molecule has 9 nitrogen and oxygen atoms in total. The predicted molar refractivity (Wildman–Crippen MR) is 140 cm³/mol. The van der Waals surface area contributed by atoms with Crippen LogP contribution in [0.4, 0.5) is 0 Å². The smallest absolute Gasteiger partial charge is 0.270 e. The molecule has 0 unspecified atom stereocenters. The number of pyridine rings is 1. The summed E-state index contributed by atoms with van der Waals surface area (Å²) in [6.07, 6.45) is -2.04. The summed E-state index contributed by atoms with van der Waals surface area (Å²) in [4.78, 5) is 17.2.